The molecule has 0 atom stereocenters. The number of hydrogen-bond donors (Lipinski definition) is 0. The van der Waals surface area contributed by atoms with Crippen LogP contribution in [0.4, 0.5) is 0 Å². The van der Waals surface area contributed by atoms with Gasteiger partial charge in [0, 0.05) is 22.6 Å². The summed E-state index contributed by atoms with van der Waals surface area (Å²) >= 11 is 3.30. The van der Waals surface area contributed by atoms with Crippen molar-refractivity contribution >= 4 is 47.7 Å². The zero-order valence-electron chi connectivity index (χ0n) is 17.5. The molecule has 0 spiro atoms. The first-order chi connectivity index (χ1) is 15.5. The molecule has 1 aliphatic rings. The van der Waals surface area contributed by atoms with Gasteiger partial charge in [-0.2, -0.15) is 8.42 Å². The van der Waals surface area contributed by atoms with Gasteiger partial charge in [0.1, 0.15) is 4.90 Å². The van der Waals surface area contributed by atoms with Gasteiger partial charge in [0.2, 0.25) is 0 Å². The van der Waals surface area contributed by atoms with Crippen LogP contribution in [0.5, 0.6) is 0 Å². The molecule has 3 aromatic rings. The number of hydrogen-bond acceptors (Lipinski definition) is 5. The van der Waals surface area contributed by atoms with Crippen LogP contribution in [0.15, 0.2) is 91.5 Å². The lowest BCUT2D eigenvalue weighted by Crippen LogP contribution is -2.50. The zero-order chi connectivity index (χ0) is 24.0. The molecule has 3 aromatic carbocycles. The number of fused-ring (bicyclic) bond motifs is 1. The normalized spacial score (nSPS) is 14.6. The summed E-state index contributed by atoms with van der Waals surface area (Å²) < 4.78 is 57.4. The van der Waals surface area contributed by atoms with Gasteiger partial charge in [-0.15, -0.1) is 8.81 Å². The molecule has 0 fully saturated rings. The number of amidine groups is 1. The van der Waals surface area contributed by atoms with Crippen LogP contribution >= 0.6 is 15.9 Å². The summed E-state index contributed by atoms with van der Waals surface area (Å²) in [6.07, 6.45) is 0. The second-order valence-corrected chi connectivity index (χ2v) is 11.7. The zero-order valence-corrected chi connectivity index (χ0v) is 20.7. The average Bonchev–Trinajstić information content (AvgIpc) is 3.05. The highest BCUT2D eigenvalue weighted by atomic mass is 79.9. The number of carbonyl (C=O) groups excluding carboxylic acids is 1. The van der Waals surface area contributed by atoms with Crippen LogP contribution in [0.3, 0.4) is 0 Å². The SMILES string of the molecule is Cc1ccc(S(=O)(=O)N(C)N(C(=O)c2ccc(Br)cc2)C2=NS(=O)(=O)c3ccccc32)cc1. The molecule has 0 bridgehead atoms. The Bertz CT molecular complexity index is 1480. The third kappa shape index (κ3) is 4.24. The number of aryl methyl sites for hydroxylation is 1. The van der Waals surface area contributed by atoms with E-state index in [4.69, 9.17) is 0 Å². The summed E-state index contributed by atoms with van der Waals surface area (Å²) in [5, 5.41) is 0.780. The summed E-state index contributed by atoms with van der Waals surface area (Å²) in [6, 6.07) is 18.3. The number of halogens is 1. The molecule has 0 saturated carbocycles. The predicted molar refractivity (Wildman–Crippen MR) is 127 cm³/mol. The molecular formula is C22H18BrN3O5S2. The van der Waals surface area contributed by atoms with Gasteiger partial charge < -0.3 is 0 Å². The predicted octanol–water partition coefficient (Wildman–Crippen LogP) is 3.58. The lowest BCUT2D eigenvalue weighted by molar-refractivity contribution is 0.0667. The van der Waals surface area contributed by atoms with Crippen molar-refractivity contribution in [2.45, 2.75) is 16.7 Å². The maximum atomic E-state index is 13.6. The molecule has 33 heavy (non-hydrogen) atoms. The van der Waals surface area contributed by atoms with E-state index in [0.29, 0.717) is 0 Å². The van der Waals surface area contributed by atoms with E-state index in [1.165, 1.54) is 49.5 Å². The Hall–Kier alpha value is -2.86. The Balaban J connectivity index is 1.90. The van der Waals surface area contributed by atoms with Crippen molar-refractivity contribution in [1.82, 2.24) is 9.42 Å². The second kappa shape index (κ2) is 8.49. The van der Waals surface area contributed by atoms with Crippen molar-refractivity contribution < 1.29 is 21.6 Å². The average molecular weight is 548 g/mol. The van der Waals surface area contributed by atoms with Gasteiger partial charge in [0.05, 0.1) is 4.90 Å². The van der Waals surface area contributed by atoms with Crippen LogP contribution in [-0.4, -0.2) is 45.0 Å². The van der Waals surface area contributed by atoms with Gasteiger partial charge in [-0.3, -0.25) is 4.79 Å². The van der Waals surface area contributed by atoms with Crippen molar-refractivity contribution in [3.05, 3.63) is 94.0 Å². The highest BCUT2D eigenvalue weighted by Crippen LogP contribution is 2.30. The largest absolute Gasteiger partial charge is 0.285 e. The van der Waals surface area contributed by atoms with Crippen LogP contribution < -0.4 is 0 Å². The Labute approximate surface area is 200 Å². The van der Waals surface area contributed by atoms with Crippen molar-refractivity contribution in [2.75, 3.05) is 7.05 Å². The van der Waals surface area contributed by atoms with Gasteiger partial charge in [0.25, 0.3) is 26.0 Å². The van der Waals surface area contributed by atoms with E-state index in [2.05, 4.69) is 20.3 Å². The molecular weight excluding hydrogens is 530 g/mol. The van der Waals surface area contributed by atoms with E-state index in [9.17, 15) is 21.6 Å². The molecule has 0 aromatic heterocycles. The Morgan fingerprint density at radius 3 is 2.18 bits per heavy atom. The fourth-order valence-corrected chi connectivity index (χ4v) is 5.89. The number of sulfonamides is 2. The van der Waals surface area contributed by atoms with Crippen molar-refractivity contribution in [2.24, 2.45) is 4.40 Å². The lowest BCUT2D eigenvalue weighted by atomic mass is 10.1. The highest BCUT2D eigenvalue weighted by molar-refractivity contribution is 9.10. The molecule has 0 N–H and O–H groups in total. The molecule has 0 aliphatic carbocycles. The fraction of sp³-hybridized carbons (Fsp3) is 0.0909. The van der Waals surface area contributed by atoms with E-state index in [0.717, 1.165) is 19.5 Å². The van der Waals surface area contributed by atoms with Crippen LogP contribution in [0.1, 0.15) is 21.5 Å². The Morgan fingerprint density at radius 2 is 1.55 bits per heavy atom. The molecule has 4 rings (SSSR count). The van der Waals surface area contributed by atoms with Gasteiger partial charge >= 0.3 is 0 Å². The minimum atomic E-state index is -4.24. The first kappa shape index (κ1) is 23.3. The maximum absolute atomic E-state index is 13.6. The number of benzene rings is 3. The smallest absolute Gasteiger partial charge is 0.267 e. The Kier molecular flexibility index (Phi) is 5.99. The highest BCUT2D eigenvalue weighted by Gasteiger charge is 2.40. The van der Waals surface area contributed by atoms with E-state index in [-0.39, 0.29) is 26.8 Å². The van der Waals surface area contributed by atoms with Crippen molar-refractivity contribution in [1.29, 1.82) is 0 Å². The fourth-order valence-electron chi connectivity index (χ4n) is 3.28. The van der Waals surface area contributed by atoms with E-state index in [1.807, 2.05) is 6.92 Å². The molecule has 0 unspecified atom stereocenters. The lowest BCUT2D eigenvalue weighted by Gasteiger charge is -2.30. The Morgan fingerprint density at radius 1 is 0.939 bits per heavy atom. The van der Waals surface area contributed by atoms with Crippen LogP contribution in [0.2, 0.25) is 0 Å². The molecule has 170 valence electrons. The van der Waals surface area contributed by atoms with Gasteiger partial charge in [-0.1, -0.05) is 45.8 Å². The van der Waals surface area contributed by atoms with Gasteiger partial charge in [0.15, 0.2) is 5.84 Å². The monoisotopic (exact) mass is 547 g/mol. The standard InChI is InChI=1S/C22H18BrN3O5S2/c1-15-7-13-18(14-8-15)33(30,31)25(2)26(22(27)16-9-11-17(23)12-10-16)21-19-5-3-4-6-20(19)32(28,29)24-21/h3-14H,1-2H3. The number of carbonyl (C=O) groups is 1. The van der Waals surface area contributed by atoms with Crippen molar-refractivity contribution in [3.63, 3.8) is 0 Å². The van der Waals surface area contributed by atoms with Gasteiger partial charge in [-0.25, -0.2) is 13.4 Å². The first-order valence-corrected chi connectivity index (χ1v) is 13.3. The summed E-state index contributed by atoms with van der Waals surface area (Å²) in [7, 11) is -7.16. The van der Waals surface area contributed by atoms with Crippen LogP contribution in [0, 0.1) is 6.92 Å². The van der Waals surface area contributed by atoms with E-state index >= 15 is 0 Å². The summed E-state index contributed by atoms with van der Waals surface area (Å²) in [6.45, 7) is 1.82. The van der Waals surface area contributed by atoms with Gasteiger partial charge in [-0.05, 0) is 55.5 Å². The third-order valence-electron chi connectivity index (χ3n) is 5.05. The summed E-state index contributed by atoms with van der Waals surface area (Å²) in [4.78, 5) is 13.4. The summed E-state index contributed by atoms with van der Waals surface area (Å²) in [5.74, 6) is -1.05. The minimum Gasteiger partial charge on any atom is -0.267 e. The molecule has 1 heterocycles. The topological polar surface area (TPSA) is 104 Å². The van der Waals surface area contributed by atoms with Crippen LogP contribution in [-0.2, 0) is 20.0 Å². The molecule has 1 amide bonds. The quantitative estimate of drug-likeness (QED) is 0.464. The minimum absolute atomic E-state index is 0.0565. The summed E-state index contributed by atoms with van der Waals surface area (Å²) in [5.41, 5.74) is 1.14. The van der Waals surface area contributed by atoms with E-state index in [1.54, 1.807) is 30.3 Å². The number of nitrogens with zero attached hydrogens (tertiary/aromatic N) is 3. The van der Waals surface area contributed by atoms with Crippen LogP contribution in [0.25, 0.3) is 0 Å². The molecule has 0 saturated heterocycles. The van der Waals surface area contributed by atoms with Crippen molar-refractivity contribution in [3.8, 4) is 0 Å². The second-order valence-electron chi connectivity index (χ2n) is 7.26. The maximum Gasteiger partial charge on any atom is 0.285 e. The third-order valence-corrected chi connectivity index (χ3v) is 8.63. The molecule has 1 aliphatic heterocycles. The number of rotatable bonds is 4. The molecule has 11 heteroatoms. The first-order valence-electron chi connectivity index (χ1n) is 9.62. The molecule has 0 radical (unpaired) electrons. The van der Waals surface area contributed by atoms with E-state index < -0.39 is 26.0 Å². The number of amides is 1. The molecule has 8 nitrogen and oxygen atoms in total. The number of hydrazine groups is 1.